The summed E-state index contributed by atoms with van der Waals surface area (Å²) in [7, 11) is 0. The normalized spacial score (nSPS) is 10.6. The van der Waals surface area contributed by atoms with Crippen LogP contribution in [0.3, 0.4) is 0 Å². The Morgan fingerprint density at radius 2 is 1.27 bits per heavy atom. The van der Waals surface area contributed by atoms with Gasteiger partial charge in [-0.05, 0) is 48.5 Å². The van der Waals surface area contributed by atoms with Gasteiger partial charge < -0.3 is 16.2 Å². The number of nitrogens with two attached hydrogens (primary N) is 2. The summed E-state index contributed by atoms with van der Waals surface area (Å²) in [6.45, 7) is 0.512. The van der Waals surface area contributed by atoms with E-state index in [0.29, 0.717) is 18.0 Å². The second-order valence-corrected chi connectivity index (χ2v) is 6.80. The maximum atomic E-state index is 10.7. The van der Waals surface area contributed by atoms with Crippen molar-refractivity contribution in [3.05, 3.63) is 48.5 Å². The van der Waals surface area contributed by atoms with Crippen LogP contribution in [0.1, 0.15) is 0 Å². The predicted octanol–water partition coefficient (Wildman–Crippen LogP) is 3.28. The zero-order chi connectivity index (χ0) is 15.8. The average Bonchev–Trinajstić information content (AvgIpc) is 2.53. The number of thioether (sulfide) groups is 2. The summed E-state index contributed by atoms with van der Waals surface area (Å²) in [5.74, 6) is 1.40. The Hall–Kier alpha value is -1.79. The summed E-state index contributed by atoms with van der Waals surface area (Å²) in [6, 6.07) is 15.3. The van der Waals surface area contributed by atoms with E-state index >= 15 is 0 Å². The van der Waals surface area contributed by atoms with Crippen molar-refractivity contribution in [2.24, 2.45) is 0 Å². The first-order chi connectivity index (χ1) is 10.7. The van der Waals surface area contributed by atoms with E-state index in [4.69, 9.17) is 16.2 Å². The molecule has 0 amide bonds. The van der Waals surface area contributed by atoms with Gasteiger partial charge in [-0.3, -0.25) is 4.79 Å². The Balaban J connectivity index is 1.85. The molecule has 0 atom stereocenters. The van der Waals surface area contributed by atoms with Gasteiger partial charge in [0.05, 0.1) is 0 Å². The highest BCUT2D eigenvalue weighted by molar-refractivity contribution is 8.00. The molecule has 0 unspecified atom stereocenters. The molecule has 0 bridgehead atoms. The van der Waals surface area contributed by atoms with Crippen LogP contribution in [0, 0.1) is 0 Å². The number of benzene rings is 2. The molecule has 0 heterocycles. The lowest BCUT2D eigenvalue weighted by atomic mass is 10.3. The molecule has 0 aromatic heterocycles. The molecule has 0 saturated carbocycles. The lowest BCUT2D eigenvalue weighted by molar-refractivity contribution is -0.131. The molecule has 6 heteroatoms. The molecule has 0 aliphatic heterocycles. The Morgan fingerprint density at radius 1 is 0.864 bits per heavy atom. The summed E-state index contributed by atoms with van der Waals surface area (Å²) in [5.41, 5.74) is 12.8. The lowest BCUT2D eigenvalue weighted by Gasteiger charge is -2.14. The standard InChI is InChI=1S/C16H18N2O2S2/c17-12-1-5-15(6-2-12)21-9-14(20-11-19)10-22-16-7-3-13(18)4-8-16/h1-8,11,14H,9-10,17-18H2. The van der Waals surface area contributed by atoms with E-state index in [1.54, 1.807) is 23.5 Å². The zero-order valence-corrected chi connectivity index (χ0v) is 13.6. The fourth-order valence-electron chi connectivity index (χ4n) is 1.71. The van der Waals surface area contributed by atoms with E-state index in [0.717, 1.165) is 21.2 Å². The van der Waals surface area contributed by atoms with Gasteiger partial charge >= 0.3 is 0 Å². The van der Waals surface area contributed by atoms with Crippen LogP contribution in [0.5, 0.6) is 0 Å². The molecule has 2 aromatic carbocycles. The third-order valence-corrected chi connectivity index (χ3v) is 5.17. The van der Waals surface area contributed by atoms with Crippen molar-refractivity contribution in [3.63, 3.8) is 0 Å². The number of anilines is 2. The highest BCUT2D eigenvalue weighted by Gasteiger charge is 2.11. The van der Waals surface area contributed by atoms with Gasteiger partial charge in [0.2, 0.25) is 0 Å². The number of hydrogen-bond acceptors (Lipinski definition) is 6. The van der Waals surface area contributed by atoms with Gasteiger partial charge in [0.15, 0.2) is 0 Å². The van der Waals surface area contributed by atoms with E-state index in [2.05, 4.69) is 0 Å². The Bertz CT molecular complexity index is 539. The lowest BCUT2D eigenvalue weighted by Crippen LogP contribution is -2.18. The largest absolute Gasteiger partial charge is 0.463 e. The molecule has 116 valence electrons. The number of hydrogen-bond donors (Lipinski definition) is 2. The van der Waals surface area contributed by atoms with Crippen LogP contribution in [0.4, 0.5) is 11.4 Å². The first kappa shape index (κ1) is 16.6. The van der Waals surface area contributed by atoms with Gasteiger partial charge in [0, 0.05) is 32.7 Å². The van der Waals surface area contributed by atoms with Crippen molar-refractivity contribution >= 4 is 41.4 Å². The highest BCUT2D eigenvalue weighted by Crippen LogP contribution is 2.25. The summed E-state index contributed by atoms with van der Waals surface area (Å²) in [5, 5.41) is 0. The quantitative estimate of drug-likeness (QED) is 0.438. The van der Waals surface area contributed by atoms with Gasteiger partial charge in [-0.25, -0.2) is 0 Å². The minimum atomic E-state index is -0.150. The van der Waals surface area contributed by atoms with Gasteiger partial charge in [-0.15, -0.1) is 23.5 Å². The molecule has 0 spiro atoms. The van der Waals surface area contributed by atoms with Gasteiger partial charge in [-0.1, -0.05) is 0 Å². The van der Waals surface area contributed by atoms with Crippen LogP contribution in [0.25, 0.3) is 0 Å². The minimum Gasteiger partial charge on any atom is -0.463 e. The molecule has 0 saturated heterocycles. The van der Waals surface area contributed by atoms with Crippen molar-refractivity contribution in [3.8, 4) is 0 Å². The number of carbonyl (C=O) groups is 1. The Kier molecular flexibility index (Phi) is 6.48. The third-order valence-electron chi connectivity index (χ3n) is 2.88. The van der Waals surface area contributed by atoms with Crippen LogP contribution in [-0.2, 0) is 9.53 Å². The van der Waals surface area contributed by atoms with E-state index in [9.17, 15) is 4.79 Å². The predicted molar refractivity (Wildman–Crippen MR) is 94.1 cm³/mol. The SMILES string of the molecule is Nc1ccc(SCC(CSc2ccc(N)cc2)OC=O)cc1. The molecule has 22 heavy (non-hydrogen) atoms. The van der Waals surface area contributed by atoms with Gasteiger partial charge in [-0.2, -0.15) is 0 Å². The molecule has 2 rings (SSSR count). The van der Waals surface area contributed by atoms with Crippen molar-refractivity contribution in [1.29, 1.82) is 0 Å². The maximum Gasteiger partial charge on any atom is 0.293 e. The second-order valence-electron chi connectivity index (χ2n) is 4.61. The number of nitrogen functional groups attached to an aromatic ring is 2. The second kappa shape index (κ2) is 8.60. The van der Waals surface area contributed by atoms with Crippen molar-refractivity contribution in [1.82, 2.24) is 0 Å². The van der Waals surface area contributed by atoms with Crippen LogP contribution in [0.2, 0.25) is 0 Å². The first-order valence-corrected chi connectivity index (χ1v) is 8.70. The molecular formula is C16H18N2O2S2. The molecule has 2 aromatic rings. The zero-order valence-electron chi connectivity index (χ0n) is 12.0. The van der Waals surface area contributed by atoms with E-state index in [1.807, 2.05) is 48.5 Å². The fraction of sp³-hybridized carbons (Fsp3) is 0.188. The smallest absolute Gasteiger partial charge is 0.293 e. The van der Waals surface area contributed by atoms with Crippen molar-refractivity contribution in [2.75, 3.05) is 23.0 Å². The monoisotopic (exact) mass is 334 g/mol. The first-order valence-electron chi connectivity index (χ1n) is 6.73. The molecule has 4 N–H and O–H groups in total. The van der Waals surface area contributed by atoms with Gasteiger partial charge in [0.25, 0.3) is 6.47 Å². The van der Waals surface area contributed by atoms with Crippen molar-refractivity contribution < 1.29 is 9.53 Å². The van der Waals surface area contributed by atoms with Crippen LogP contribution < -0.4 is 11.5 Å². The molecule has 4 nitrogen and oxygen atoms in total. The Labute approximate surface area is 138 Å². The average molecular weight is 334 g/mol. The molecular weight excluding hydrogens is 316 g/mol. The van der Waals surface area contributed by atoms with Crippen molar-refractivity contribution in [2.45, 2.75) is 15.9 Å². The van der Waals surface area contributed by atoms with E-state index < -0.39 is 0 Å². The van der Waals surface area contributed by atoms with Crippen LogP contribution in [-0.4, -0.2) is 24.1 Å². The highest BCUT2D eigenvalue weighted by atomic mass is 32.2. The topological polar surface area (TPSA) is 78.3 Å². The molecule has 0 fully saturated rings. The third kappa shape index (κ3) is 5.54. The van der Waals surface area contributed by atoms with Gasteiger partial charge in [0.1, 0.15) is 6.10 Å². The number of carbonyl (C=O) groups excluding carboxylic acids is 1. The van der Waals surface area contributed by atoms with Crippen LogP contribution in [0.15, 0.2) is 58.3 Å². The van der Waals surface area contributed by atoms with E-state index in [-0.39, 0.29) is 6.10 Å². The summed E-state index contributed by atoms with van der Waals surface area (Å²) in [6.07, 6.45) is -0.150. The van der Waals surface area contributed by atoms with E-state index in [1.165, 1.54) is 0 Å². The summed E-state index contributed by atoms with van der Waals surface area (Å²) in [4.78, 5) is 12.9. The summed E-state index contributed by atoms with van der Waals surface area (Å²) < 4.78 is 5.16. The molecule has 0 aliphatic rings. The maximum absolute atomic E-state index is 10.7. The molecule has 0 aliphatic carbocycles. The van der Waals surface area contributed by atoms with Crippen LogP contribution >= 0.6 is 23.5 Å². The fourth-order valence-corrected chi connectivity index (χ4v) is 3.67. The Morgan fingerprint density at radius 3 is 1.64 bits per heavy atom. The number of rotatable bonds is 8. The minimum absolute atomic E-state index is 0.150. The summed E-state index contributed by atoms with van der Waals surface area (Å²) >= 11 is 3.28. The number of ether oxygens (including phenoxy) is 1. The molecule has 0 radical (unpaired) electrons.